The van der Waals surface area contributed by atoms with E-state index in [2.05, 4.69) is 15.5 Å². The molecule has 1 heterocycles. The van der Waals surface area contributed by atoms with Crippen molar-refractivity contribution in [2.24, 2.45) is 0 Å². The lowest BCUT2D eigenvalue weighted by Crippen LogP contribution is -2.26. The number of hydrogen-bond acceptors (Lipinski definition) is 6. The Balaban J connectivity index is 2.02. The lowest BCUT2D eigenvalue weighted by atomic mass is 10.4. The SMILES string of the molecule is CCOC(=O)CNCCc1ncno1. The van der Waals surface area contributed by atoms with Gasteiger partial charge < -0.3 is 14.6 Å². The number of aromatic nitrogens is 2. The average molecular weight is 199 g/mol. The molecule has 0 aromatic carbocycles. The van der Waals surface area contributed by atoms with E-state index in [0.717, 1.165) is 0 Å². The Labute approximate surface area is 81.6 Å². The Morgan fingerprint density at radius 2 is 2.57 bits per heavy atom. The molecule has 0 fully saturated rings. The van der Waals surface area contributed by atoms with Crippen LogP contribution in [0.5, 0.6) is 0 Å². The van der Waals surface area contributed by atoms with Gasteiger partial charge in [-0.1, -0.05) is 5.16 Å². The summed E-state index contributed by atoms with van der Waals surface area (Å²) in [5, 5.41) is 6.37. The Bertz CT molecular complexity index is 261. The van der Waals surface area contributed by atoms with Gasteiger partial charge in [-0.05, 0) is 6.92 Å². The third-order valence-corrected chi connectivity index (χ3v) is 1.50. The molecule has 1 N–H and O–H groups in total. The highest BCUT2D eigenvalue weighted by Gasteiger charge is 2.01. The zero-order valence-electron chi connectivity index (χ0n) is 8.02. The lowest BCUT2D eigenvalue weighted by molar-refractivity contribution is -0.141. The molecule has 0 atom stereocenters. The molecule has 14 heavy (non-hydrogen) atoms. The van der Waals surface area contributed by atoms with Gasteiger partial charge in [-0.2, -0.15) is 4.98 Å². The van der Waals surface area contributed by atoms with Crippen molar-refractivity contribution in [3.8, 4) is 0 Å². The van der Waals surface area contributed by atoms with Crippen LogP contribution in [0.3, 0.4) is 0 Å². The minimum Gasteiger partial charge on any atom is -0.465 e. The maximum absolute atomic E-state index is 10.9. The first-order valence-electron chi connectivity index (χ1n) is 4.44. The summed E-state index contributed by atoms with van der Waals surface area (Å²) in [6.07, 6.45) is 1.96. The monoisotopic (exact) mass is 199 g/mol. The first-order chi connectivity index (χ1) is 6.83. The molecule has 0 aliphatic carbocycles. The molecule has 6 heteroatoms. The number of nitrogens with zero attached hydrogens (tertiary/aromatic N) is 2. The molecule has 0 saturated carbocycles. The van der Waals surface area contributed by atoms with E-state index in [1.165, 1.54) is 6.33 Å². The quantitative estimate of drug-likeness (QED) is 0.503. The summed E-state index contributed by atoms with van der Waals surface area (Å²) in [5.41, 5.74) is 0. The Hall–Kier alpha value is -1.43. The van der Waals surface area contributed by atoms with Crippen LogP contribution in [0.2, 0.25) is 0 Å². The number of carbonyl (C=O) groups is 1. The molecule has 0 aliphatic heterocycles. The highest BCUT2D eigenvalue weighted by atomic mass is 16.5. The molecule has 1 aromatic heterocycles. The summed E-state index contributed by atoms with van der Waals surface area (Å²) in [6, 6.07) is 0. The van der Waals surface area contributed by atoms with Gasteiger partial charge in [0.1, 0.15) is 0 Å². The van der Waals surface area contributed by atoms with Crippen LogP contribution in [-0.2, 0) is 16.0 Å². The topological polar surface area (TPSA) is 77.2 Å². The molecule has 0 aliphatic rings. The normalized spacial score (nSPS) is 10.1. The minimum absolute atomic E-state index is 0.210. The predicted octanol–water partition coefficient (Wildman–Crippen LogP) is -0.235. The van der Waals surface area contributed by atoms with Crippen LogP contribution in [0.1, 0.15) is 12.8 Å². The van der Waals surface area contributed by atoms with E-state index in [-0.39, 0.29) is 12.5 Å². The Kier molecular flexibility index (Phi) is 4.63. The van der Waals surface area contributed by atoms with E-state index >= 15 is 0 Å². The van der Waals surface area contributed by atoms with Crippen LogP contribution in [0.15, 0.2) is 10.9 Å². The van der Waals surface area contributed by atoms with Gasteiger partial charge in [-0.25, -0.2) is 0 Å². The van der Waals surface area contributed by atoms with Crippen LogP contribution in [-0.4, -0.2) is 35.8 Å². The zero-order chi connectivity index (χ0) is 10.2. The summed E-state index contributed by atoms with van der Waals surface area (Å²) >= 11 is 0. The fourth-order valence-electron chi connectivity index (χ4n) is 0.904. The van der Waals surface area contributed by atoms with Gasteiger partial charge in [0.2, 0.25) is 5.89 Å². The van der Waals surface area contributed by atoms with Crippen molar-refractivity contribution in [3.05, 3.63) is 12.2 Å². The average Bonchev–Trinajstić information content (AvgIpc) is 2.65. The maximum Gasteiger partial charge on any atom is 0.319 e. The molecule has 0 saturated heterocycles. The predicted molar refractivity (Wildman–Crippen MR) is 47.5 cm³/mol. The van der Waals surface area contributed by atoms with Crippen molar-refractivity contribution in [1.29, 1.82) is 0 Å². The Morgan fingerprint density at radius 1 is 1.71 bits per heavy atom. The van der Waals surface area contributed by atoms with Crippen LogP contribution in [0.25, 0.3) is 0 Å². The summed E-state index contributed by atoms with van der Waals surface area (Å²) in [5.74, 6) is 0.305. The van der Waals surface area contributed by atoms with E-state index in [4.69, 9.17) is 9.26 Å². The molecule has 0 unspecified atom stereocenters. The van der Waals surface area contributed by atoms with Gasteiger partial charge in [0.15, 0.2) is 6.33 Å². The maximum atomic E-state index is 10.9. The number of esters is 1. The molecular weight excluding hydrogens is 186 g/mol. The van der Waals surface area contributed by atoms with Gasteiger partial charge in [0.05, 0.1) is 13.2 Å². The minimum atomic E-state index is -0.252. The van der Waals surface area contributed by atoms with Crippen molar-refractivity contribution in [2.75, 3.05) is 19.7 Å². The summed E-state index contributed by atoms with van der Waals surface area (Å²) < 4.78 is 9.50. The van der Waals surface area contributed by atoms with Crippen LogP contribution < -0.4 is 5.32 Å². The van der Waals surface area contributed by atoms with E-state index in [1.807, 2.05) is 0 Å². The van der Waals surface area contributed by atoms with E-state index in [0.29, 0.717) is 25.5 Å². The van der Waals surface area contributed by atoms with Gasteiger partial charge >= 0.3 is 5.97 Å². The highest BCUT2D eigenvalue weighted by molar-refractivity contribution is 5.71. The number of carbonyl (C=O) groups excluding carboxylic acids is 1. The second kappa shape index (κ2) is 6.09. The standard InChI is InChI=1S/C8H13N3O3/c1-2-13-8(12)5-9-4-3-7-10-6-11-14-7/h6,9H,2-5H2,1H3. The molecule has 1 aromatic rings. The van der Waals surface area contributed by atoms with Crippen LogP contribution in [0.4, 0.5) is 0 Å². The second-order valence-electron chi connectivity index (χ2n) is 2.57. The van der Waals surface area contributed by atoms with Crippen LogP contribution in [0, 0.1) is 0 Å². The fourth-order valence-corrected chi connectivity index (χ4v) is 0.904. The van der Waals surface area contributed by atoms with Crippen molar-refractivity contribution in [2.45, 2.75) is 13.3 Å². The molecule has 1 rings (SSSR count). The zero-order valence-corrected chi connectivity index (χ0v) is 8.02. The third-order valence-electron chi connectivity index (χ3n) is 1.50. The molecule has 78 valence electrons. The van der Waals surface area contributed by atoms with E-state index < -0.39 is 0 Å². The van der Waals surface area contributed by atoms with Crippen molar-refractivity contribution in [1.82, 2.24) is 15.5 Å². The van der Waals surface area contributed by atoms with Crippen molar-refractivity contribution < 1.29 is 14.1 Å². The molecule has 0 bridgehead atoms. The molecular formula is C8H13N3O3. The Morgan fingerprint density at radius 3 is 3.21 bits per heavy atom. The van der Waals surface area contributed by atoms with Crippen LogP contribution >= 0.6 is 0 Å². The van der Waals surface area contributed by atoms with E-state index in [9.17, 15) is 4.79 Å². The first kappa shape index (κ1) is 10.6. The molecule has 6 nitrogen and oxygen atoms in total. The van der Waals surface area contributed by atoms with Crippen molar-refractivity contribution >= 4 is 5.97 Å². The first-order valence-corrected chi connectivity index (χ1v) is 4.44. The van der Waals surface area contributed by atoms with E-state index in [1.54, 1.807) is 6.92 Å². The summed E-state index contributed by atoms with van der Waals surface area (Å²) in [6.45, 7) is 3.00. The number of nitrogens with one attached hydrogen (secondary N) is 1. The van der Waals surface area contributed by atoms with Gasteiger partial charge in [0.25, 0.3) is 0 Å². The fraction of sp³-hybridized carbons (Fsp3) is 0.625. The van der Waals surface area contributed by atoms with Gasteiger partial charge in [0, 0.05) is 13.0 Å². The summed E-state index contributed by atoms with van der Waals surface area (Å²) in [4.78, 5) is 14.7. The highest BCUT2D eigenvalue weighted by Crippen LogP contribution is 1.90. The molecule has 0 amide bonds. The molecule has 0 radical (unpaired) electrons. The number of hydrogen-bond donors (Lipinski definition) is 1. The van der Waals surface area contributed by atoms with Gasteiger partial charge in [-0.15, -0.1) is 0 Å². The largest absolute Gasteiger partial charge is 0.465 e. The summed E-state index contributed by atoms with van der Waals surface area (Å²) in [7, 11) is 0. The second-order valence-corrected chi connectivity index (χ2v) is 2.57. The van der Waals surface area contributed by atoms with Crippen molar-refractivity contribution in [3.63, 3.8) is 0 Å². The third kappa shape index (κ3) is 3.99. The molecule has 0 spiro atoms. The van der Waals surface area contributed by atoms with Gasteiger partial charge in [-0.3, -0.25) is 4.79 Å². The number of rotatable bonds is 6. The smallest absolute Gasteiger partial charge is 0.319 e. The lowest BCUT2D eigenvalue weighted by Gasteiger charge is -2.02. The number of ether oxygens (including phenoxy) is 1.